The first-order chi connectivity index (χ1) is 13.5. The van der Waals surface area contributed by atoms with Crippen LogP contribution in [0.15, 0.2) is 36.9 Å². The first-order valence-corrected chi connectivity index (χ1v) is 9.11. The molecule has 5 rings (SSSR count). The zero-order chi connectivity index (χ0) is 19.5. The molecule has 2 aliphatic carbocycles. The molecule has 28 heavy (non-hydrogen) atoms. The molecule has 3 aromatic rings. The number of aliphatic hydroxyl groups excluding tert-OH is 1. The highest BCUT2D eigenvalue weighted by Crippen LogP contribution is 2.62. The lowest BCUT2D eigenvalue weighted by Gasteiger charge is -2.27. The number of rotatable bonds is 5. The van der Waals surface area contributed by atoms with Crippen molar-refractivity contribution in [2.24, 2.45) is 5.92 Å². The summed E-state index contributed by atoms with van der Waals surface area (Å²) in [5.41, 5.74) is 6.77. The Morgan fingerprint density at radius 1 is 1.25 bits per heavy atom. The van der Waals surface area contributed by atoms with E-state index < -0.39 is 17.8 Å². The number of nitrogen functional groups attached to an aromatic ring is 1. The van der Waals surface area contributed by atoms with E-state index in [-0.39, 0.29) is 12.0 Å². The molecular formula is C19H21N5O4. The van der Waals surface area contributed by atoms with Crippen molar-refractivity contribution < 1.29 is 19.7 Å². The average molecular weight is 383 g/mol. The van der Waals surface area contributed by atoms with Crippen molar-refractivity contribution in [2.75, 3.05) is 12.8 Å². The summed E-state index contributed by atoms with van der Waals surface area (Å²) < 4.78 is 13.1. The van der Waals surface area contributed by atoms with E-state index in [9.17, 15) is 10.2 Å². The third kappa shape index (κ3) is 2.47. The summed E-state index contributed by atoms with van der Waals surface area (Å²) in [6.07, 6.45) is 1.94. The molecule has 2 saturated carbocycles. The minimum Gasteiger partial charge on any atom is -0.497 e. The lowest BCUT2D eigenvalue weighted by Crippen LogP contribution is -2.39. The van der Waals surface area contributed by atoms with E-state index in [0.717, 1.165) is 11.3 Å². The lowest BCUT2D eigenvalue weighted by molar-refractivity contribution is -0.0929. The number of nitrogens with zero attached hydrogens (tertiary/aromatic N) is 4. The maximum Gasteiger partial charge on any atom is 0.165 e. The number of aromatic nitrogens is 4. The van der Waals surface area contributed by atoms with Gasteiger partial charge in [-0.25, -0.2) is 15.0 Å². The number of fused-ring (bicyclic) bond motifs is 2. The maximum atomic E-state index is 10.7. The number of nitrogens with two attached hydrogens (primary N) is 1. The molecule has 0 bridgehead atoms. The standard InChI is InChI=1S/C19H21N5O4/c1-27-11-4-2-10(3-5-11)7-28-15-14(12-6-19(12,26)16(15)25)24-9-23-13-17(20)21-8-22-18(13)24/h2-5,8-9,12,14-16,25-26H,6-7H2,1H3,(H2,20,21,22)/t12?,14-,15?,16?,19+/m1/s1. The van der Waals surface area contributed by atoms with Crippen molar-refractivity contribution in [3.05, 3.63) is 42.5 Å². The normalized spacial score (nSPS) is 31.1. The number of hydrogen-bond acceptors (Lipinski definition) is 8. The molecule has 9 heteroatoms. The molecule has 3 unspecified atom stereocenters. The predicted molar refractivity (Wildman–Crippen MR) is 99.4 cm³/mol. The fourth-order valence-electron chi connectivity index (χ4n) is 4.29. The summed E-state index contributed by atoms with van der Waals surface area (Å²) in [4.78, 5) is 12.6. The number of benzene rings is 1. The SMILES string of the molecule is COc1ccc(COC2C(O)[C@]3(O)CC3[C@H]2n2cnc3c(N)ncnc32)cc1. The highest BCUT2D eigenvalue weighted by Gasteiger charge is 2.72. The Morgan fingerprint density at radius 2 is 2.04 bits per heavy atom. The second-order valence-corrected chi connectivity index (χ2v) is 7.44. The Balaban J connectivity index is 1.44. The Bertz CT molecular complexity index is 1020. The van der Waals surface area contributed by atoms with Crippen LogP contribution in [0.25, 0.3) is 11.2 Å². The molecule has 4 N–H and O–H groups in total. The van der Waals surface area contributed by atoms with Gasteiger partial charge in [0.25, 0.3) is 0 Å². The van der Waals surface area contributed by atoms with Crippen molar-refractivity contribution in [1.29, 1.82) is 0 Å². The number of ether oxygens (including phenoxy) is 2. The van der Waals surface area contributed by atoms with Gasteiger partial charge in [-0.05, 0) is 24.1 Å². The topological polar surface area (TPSA) is 129 Å². The second-order valence-electron chi connectivity index (χ2n) is 7.44. The molecule has 9 nitrogen and oxygen atoms in total. The van der Waals surface area contributed by atoms with Crippen molar-refractivity contribution in [3.8, 4) is 5.75 Å². The van der Waals surface area contributed by atoms with Crippen molar-refractivity contribution in [1.82, 2.24) is 19.5 Å². The van der Waals surface area contributed by atoms with Gasteiger partial charge < -0.3 is 30.0 Å². The second kappa shape index (κ2) is 6.13. The fourth-order valence-corrected chi connectivity index (χ4v) is 4.29. The molecule has 0 spiro atoms. The summed E-state index contributed by atoms with van der Waals surface area (Å²) in [6.45, 7) is 0.300. The minimum absolute atomic E-state index is 0.128. The molecule has 2 heterocycles. The summed E-state index contributed by atoms with van der Waals surface area (Å²) >= 11 is 0. The molecule has 0 aliphatic heterocycles. The third-order valence-corrected chi connectivity index (χ3v) is 5.91. The van der Waals surface area contributed by atoms with Gasteiger partial charge in [0.2, 0.25) is 0 Å². The van der Waals surface area contributed by atoms with Crippen molar-refractivity contribution >= 4 is 17.0 Å². The Labute approximate surface area is 160 Å². The van der Waals surface area contributed by atoms with Crippen LogP contribution in [0.5, 0.6) is 5.75 Å². The van der Waals surface area contributed by atoms with Crippen LogP contribution in [0.4, 0.5) is 5.82 Å². The highest BCUT2D eigenvalue weighted by molar-refractivity contribution is 5.81. The summed E-state index contributed by atoms with van der Waals surface area (Å²) in [7, 11) is 1.61. The quantitative estimate of drug-likeness (QED) is 0.586. The van der Waals surface area contributed by atoms with E-state index in [4.69, 9.17) is 15.2 Å². The van der Waals surface area contributed by atoms with Gasteiger partial charge in [0.1, 0.15) is 29.8 Å². The summed E-state index contributed by atoms with van der Waals surface area (Å²) in [5, 5.41) is 21.5. The van der Waals surface area contributed by atoms with Crippen LogP contribution in [0.1, 0.15) is 18.0 Å². The van der Waals surface area contributed by atoms with Gasteiger partial charge >= 0.3 is 0 Å². The van der Waals surface area contributed by atoms with Gasteiger partial charge in [-0.3, -0.25) is 0 Å². The van der Waals surface area contributed by atoms with Crippen LogP contribution < -0.4 is 10.5 Å². The largest absolute Gasteiger partial charge is 0.497 e. The van der Waals surface area contributed by atoms with Crippen molar-refractivity contribution in [2.45, 2.75) is 36.9 Å². The van der Waals surface area contributed by atoms with E-state index in [1.165, 1.54) is 6.33 Å². The summed E-state index contributed by atoms with van der Waals surface area (Å²) in [6, 6.07) is 7.23. The van der Waals surface area contributed by atoms with E-state index in [2.05, 4.69) is 15.0 Å². The van der Waals surface area contributed by atoms with Crippen LogP contribution in [-0.2, 0) is 11.3 Å². The fraction of sp³-hybridized carbons (Fsp3) is 0.421. The zero-order valence-electron chi connectivity index (χ0n) is 15.3. The van der Waals surface area contributed by atoms with Crippen LogP contribution in [0, 0.1) is 5.92 Å². The molecule has 1 aromatic carbocycles. The van der Waals surface area contributed by atoms with E-state index in [1.807, 2.05) is 28.8 Å². The van der Waals surface area contributed by atoms with Crippen LogP contribution in [0.2, 0.25) is 0 Å². The summed E-state index contributed by atoms with van der Waals surface area (Å²) in [5.74, 6) is 0.932. The molecule has 0 amide bonds. The molecule has 146 valence electrons. The maximum absolute atomic E-state index is 10.7. The van der Waals surface area contributed by atoms with Crippen LogP contribution in [-0.4, -0.2) is 54.7 Å². The number of methoxy groups -OCH3 is 1. The van der Waals surface area contributed by atoms with E-state index >= 15 is 0 Å². The Kier molecular flexibility index (Phi) is 3.80. The molecule has 5 atom stereocenters. The Morgan fingerprint density at radius 3 is 2.79 bits per heavy atom. The van der Waals surface area contributed by atoms with Crippen molar-refractivity contribution in [3.63, 3.8) is 0 Å². The highest BCUT2D eigenvalue weighted by atomic mass is 16.5. The minimum atomic E-state index is -1.13. The number of aliphatic hydroxyl groups is 2. The van der Waals surface area contributed by atoms with Crippen LogP contribution >= 0.6 is 0 Å². The van der Waals surface area contributed by atoms with Gasteiger partial charge in [0.05, 0.1) is 31.7 Å². The lowest BCUT2D eigenvalue weighted by atomic mass is 10.1. The van der Waals surface area contributed by atoms with E-state index in [1.54, 1.807) is 13.4 Å². The Hall–Kier alpha value is -2.75. The number of anilines is 1. The molecule has 2 aliphatic rings. The van der Waals surface area contributed by atoms with Gasteiger partial charge in [0, 0.05) is 5.92 Å². The molecular weight excluding hydrogens is 362 g/mol. The van der Waals surface area contributed by atoms with Gasteiger partial charge in [-0.1, -0.05) is 12.1 Å². The number of hydrogen-bond donors (Lipinski definition) is 3. The predicted octanol–water partition coefficient (Wildman–Crippen LogP) is 0.669. The van der Waals surface area contributed by atoms with E-state index in [0.29, 0.717) is 30.0 Å². The molecule has 0 radical (unpaired) electrons. The zero-order valence-corrected chi connectivity index (χ0v) is 15.3. The molecule has 0 saturated heterocycles. The van der Waals surface area contributed by atoms with Gasteiger partial charge in [0.15, 0.2) is 11.5 Å². The number of imidazole rings is 1. The third-order valence-electron chi connectivity index (χ3n) is 5.91. The smallest absolute Gasteiger partial charge is 0.165 e. The van der Waals surface area contributed by atoms with Crippen LogP contribution in [0.3, 0.4) is 0 Å². The average Bonchev–Trinajstić information content (AvgIpc) is 3.12. The molecule has 2 fully saturated rings. The van der Waals surface area contributed by atoms with Gasteiger partial charge in [-0.2, -0.15) is 0 Å². The first kappa shape index (κ1) is 17.4. The first-order valence-electron chi connectivity index (χ1n) is 9.11. The molecule has 2 aromatic heterocycles. The van der Waals surface area contributed by atoms with Gasteiger partial charge in [-0.15, -0.1) is 0 Å². The monoisotopic (exact) mass is 383 g/mol.